The second-order valence-corrected chi connectivity index (χ2v) is 6.24. The molecule has 0 saturated heterocycles. The highest BCUT2D eigenvalue weighted by Gasteiger charge is 2.11. The molecule has 0 bridgehead atoms. The van der Waals surface area contributed by atoms with E-state index in [2.05, 4.69) is 45.6 Å². The molecular formula is C17H18BrClN2O. The van der Waals surface area contributed by atoms with Crippen LogP contribution in [-0.4, -0.2) is 12.5 Å². The monoisotopic (exact) mass is 380 g/mol. The highest BCUT2D eigenvalue weighted by atomic mass is 79.9. The van der Waals surface area contributed by atoms with Crippen molar-refractivity contribution in [2.45, 2.75) is 19.4 Å². The summed E-state index contributed by atoms with van der Waals surface area (Å²) in [6, 6.07) is 15.5. The predicted octanol–water partition coefficient (Wildman–Crippen LogP) is 4.78. The highest BCUT2D eigenvalue weighted by Crippen LogP contribution is 2.21. The van der Waals surface area contributed by atoms with Gasteiger partial charge in [0.05, 0.1) is 17.3 Å². The smallest absolute Gasteiger partial charge is 0.238 e. The van der Waals surface area contributed by atoms with Gasteiger partial charge < -0.3 is 10.6 Å². The van der Waals surface area contributed by atoms with Gasteiger partial charge in [-0.05, 0) is 36.2 Å². The van der Waals surface area contributed by atoms with E-state index in [-0.39, 0.29) is 18.5 Å². The van der Waals surface area contributed by atoms with Crippen LogP contribution in [0.15, 0.2) is 53.0 Å². The van der Waals surface area contributed by atoms with Crippen molar-refractivity contribution in [3.8, 4) is 0 Å². The molecule has 0 unspecified atom stereocenters. The van der Waals surface area contributed by atoms with Crippen molar-refractivity contribution in [3.05, 3.63) is 63.6 Å². The summed E-state index contributed by atoms with van der Waals surface area (Å²) in [5, 5.41) is 6.62. The summed E-state index contributed by atoms with van der Waals surface area (Å²) in [5.74, 6) is -0.108. The van der Waals surface area contributed by atoms with Crippen molar-refractivity contribution < 1.29 is 4.79 Å². The van der Waals surface area contributed by atoms with Crippen LogP contribution in [-0.2, 0) is 4.79 Å². The summed E-state index contributed by atoms with van der Waals surface area (Å²) in [6.07, 6.45) is 0.904. The molecule has 0 aliphatic heterocycles. The zero-order valence-electron chi connectivity index (χ0n) is 12.3. The number of nitrogens with one attached hydrogen (secondary N) is 2. The van der Waals surface area contributed by atoms with Gasteiger partial charge in [-0.15, -0.1) is 0 Å². The molecule has 0 saturated carbocycles. The standard InChI is InChI=1S/C17H18BrClN2O/c1-2-15(12-7-9-13(18)10-8-12)20-11-17(22)21-16-6-4-3-5-14(16)19/h3-10,15,20H,2,11H2,1H3,(H,21,22)/t15-/m1/s1. The number of anilines is 1. The summed E-state index contributed by atoms with van der Waals surface area (Å²) in [7, 11) is 0. The normalized spacial score (nSPS) is 12.0. The minimum atomic E-state index is -0.108. The predicted molar refractivity (Wildman–Crippen MR) is 95.3 cm³/mol. The average molecular weight is 382 g/mol. The largest absolute Gasteiger partial charge is 0.324 e. The summed E-state index contributed by atoms with van der Waals surface area (Å²) < 4.78 is 1.04. The number of rotatable bonds is 6. The van der Waals surface area contributed by atoms with E-state index in [0.717, 1.165) is 16.5 Å². The third kappa shape index (κ3) is 4.83. The Kier molecular flexibility index (Phi) is 6.43. The van der Waals surface area contributed by atoms with Gasteiger partial charge in [-0.3, -0.25) is 4.79 Å². The number of benzene rings is 2. The Hall–Kier alpha value is -1.36. The average Bonchev–Trinajstić information content (AvgIpc) is 2.52. The molecule has 116 valence electrons. The van der Waals surface area contributed by atoms with Crippen molar-refractivity contribution in [1.82, 2.24) is 5.32 Å². The van der Waals surface area contributed by atoms with E-state index < -0.39 is 0 Å². The van der Waals surface area contributed by atoms with Gasteiger partial charge in [-0.2, -0.15) is 0 Å². The Morgan fingerprint density at radius 2 is 1.86 bits per heavy atom. The van der Waals surface area contributed by atoms with Crippen LogP contribution in [0.4, 0.5) is 5.69 Å². The second-order valence-electron chi connectivity index (χ2n) is 4.92. The Bertz CT molecular complexity index is 631. The number of hydrogen-bond donors (Lipinski definition) is 2. The fourth-order valence-electron chi connectivity index (χ4n) is 2.17. The van der Waals surface area contributed by atoms with Crippen LogP contribution in [0.2, 0.25) is 5.02 Å². The zero-order chi connectivity index (χ0) is 15.9. The van der Waals surface area contributed by atoms with Crippen molar-refractivity contribution in [2.24, 2.45) is 0 Å². The van der Waals surface area contributed by atoms with Crippen molar-refractivity contribution in [3.63, 3.8) is 0 Å². The number of carbonyl (C=O) groups is 1. The molecule has 0 aromatic heterocycles. The first-order valence-corrected chi connectivity index (χ1v) is 8.30. The van der Waals surface area contributed by atoms with Crippen LogP contribution < -0.4 is 10.6 Å². The minimum absolute atomic E-state index is 0.108. The molecule has 1 atom stereocenters. The third-order valence-corrected chi connectivity index (χ3v) is 4.20. The fraction of sp³-hybridized carbons (Fsp3) is 0.235. The lowest BCUT2D eigenvalue weighted by molar-refractivity contribution is -0.115. The Morgan fingerprint density at radius 3 is 2.50 bits per heavy atom. The lowest BCUT2D eigenvalue weighted by Crippen LogP contribution is -2.31. The molecule has 22 heavy (non-hydrogen) atoms. The topological polar surface area (TPSA) is 41.1 Å². The highest BCUT2D eigenvalue weighted by molar-refractivity contribution is 9.10. The van der Waals surface area contributed by atoms with Crippen molar-refractivity contribution in [1.29, 1.82) is 0 Å². The lowest BCUT2D eigenvalue weighted by Gasteiger charge is -2.17. The quantitative estimate of drug-likeness (QED) is 0.756. The Labute approximate surface area is 144 Å². The van der Waals surface area contributed by atoms with Crippen molar-refractivity contribution in [2.75, 3.05) is 11.9 Å². The molecule has 0 radical (unpaired) electrons. The van der Waals surface area contributed by atoms with Gasteiger partial charge in [0.25, 0.3) is 0 Å². The number of hydrogen-bond acceptors (Lipinski definition) is 2. The minimum Gasteiger partial charge on any atom is -0.324 e. The summed E-state index contributed by atoms with van der Waals surface area (Å²) in [6.45, 7) is 2.32. The van der Waals surface area contributed by atoms with E-state index >= 15 is 0 Å². The number of amides is 1. The molecule has 2 N–H and O–H groups in total. The van der Waals surface area contributed by atoms with E-state index in [4.69, 9.17) is 11.6 Å². The molecular weight excluding hydrogens is 364 g/mol. The van der Waals surface area contributed by atoms with Gasteiger partial charge in [0.1, 0.15) is 0 Å². The molecule has 0 heterocycles. The molecule has 2 aromatic rings. The van der Waals surface area contributed by atoms with Crippen LogP contribution in [0.3, 0.4) is 0 Å². The van der Waals surface area contributed by atoms with Gasteiger partial charge in [0.15, 0.2) is 0 Å². The first-order chi connectivity index (χ1) is 10.6. The molecule has 2 aromatic carbocycles. The molecule has 0 fully saturated rings. The third-order valence-electron chi connectivity index (χ3n) is 3.34. The van der Waals surface area contributed by atoms with Gasteiger partial charge in [-0.25, -0.2) is 0 Å². The zero-order valence-corrected chi connectivity index (χ0v) is 14.6. The maximum Gasteiger partial charge on any atom is 0.238 e. The molecule has 5 heteroatoms. The van der Waals surface area contributed by atoms with Gasteiger partial charge in [0.2, 0.25) is 5.91 Å². The molecule has 0 spiro atoms. The Morgan fingerprint density at radius 1 is 1.18 bits per heavy atom. The molecule has 0 aliphatic rings. The maximum atomic E-state index is 12.0. The SMILES string of the molecule is CC[C@@H](NCC(=O)Nc1ccccc1Cl)c1ccc(Br)cc1. The van der Waals surface area contributed by atoms with Crippen LogP contribution in [0.5, 0.6) is 0 Å². The lowest BCUT2D eigenvalue weighted by atomic mass is 10.0. The van der Waals surface area contributed by atoms with Crippen LogP contribution in [0.1, 0.15) is 24.9 Å². The number of carbonyl (C=O) groups excluding carboxylic acids is 1. The molecule has 1 amide bonds. The van der Waals surface area contributed by atoms with E-state index in [1.165, 1.54) is 0 Å². The van der Waals surface area contributed by atoms with Gasteiger partial charge in [0, 0.05) is 10.5 Å². The first kappa shape index (κ1) is 17.0. The first-order valence-electron chi connectivity index (χ1n) is 7.13. The fourth-order valence-corrected chi connectivity index (χ4v) is 2.61. The second kappa shape index (κ2) is 8.32. The summed E-state index contributed by atoms with van der Waals surface area (Å²) >= 11 is 9.45. The Balaban J connectivity index is 1.91. The van der Waals surface area contributed by atoms with E-state index in [1.807, 2.05) is 24.3 Å². The van der Waals surface area contributed by atoms with Gasteiger partial charge >= 0.3 is 0 Å². The molecule has 0 aliphatic carbocycles. The van der Waals surface area contributed by atoms with Crippen LogP contribution >= 0.6 is 27.5 Å². The van der Waals surface area contributed by atoms with Crippen LogP contribution in [0.25, 0.3) is 0 Å². The van der Waals surface area contributed by atoms with Crippen LogP contribution in [0, 0.1) is 0 Å². The number of halogens is 2. The molecule has 2 rings (SSSR count). The molecule has 3 nitrogen and oxygen atoms in total. The van der Waals surface area contributed by atoms with E-state index in [1.54, 1.807) is 12.1 Å². The summed E-state index contributed by atoms with van der Waals surface area (Å²) in [5.41, 5.74) is 1.80. The maximum absolute atomic E-state index is 12.0. The summed E-state index contributed by atoms with van der Waals surface area (Å²) in [4.78, 5) is 12.0. The van der Waals surface area contributed by atoms with Gasteiger partial charge in [-0.1, -0.05) is 58.7 Å². The van der Waals surface area contributed by atoms with E-state index in [0.29, 0.717) is 10.7 Å². The number of para-hydroxylation sites is 1. The van der Waals surface area contributed by atoms with Crippen molar-refractivity contribution >= 4 is 39.1 Å². The van der Waals surface area contributed by atoms with E-state index in [9.17, 15) is 4.79 Å².